The highest BCUT2D eigenvalue weighted by Gasteiger charge is 2.71. The Hall–Kier alpha value is -2.52. The summed E-state index contributed by atoms with van der Waals surface area (Å²) in [5.74, 6) is -0.363. The monoisotopic (exact) mass is 565 g/mol. The number of halogens is 1. The Bertz CT molecular complexity index is 1440. The van der Waals surface area contributed by atoms with Gasteiger partial charge in [-0.05, 0) is 97.8 Å². The summed E-state index contributed by atoms with van der Waals surface area (Å²) in [5.41, 5.74) is 1.83. The maximum atomic E-state index is 13.5. The molecule has 0 aliphatic heterocycles. The van der Waals surface area contributed by atoms with Crippen LogP contribution in [0, 0.1) is 46.4 Å². The number of ether oxygens (including phenoxy) is 1. The highest BCUT2D eigenvalue weighted by atomic mass is 32.1. The van der Waals surface area contributed by atoms with E-state index in [4.69, 9.17) is 4.74 Å². The second-order valence-electron chi connectivity index (χ2n) is 13.5. The minimum atomic E-state index is -1.29. The van der Waals surface area contributed by atoms with Crippen molar-refractivity contribution in [2.45, 2.75) is 77.4 Å². The largest absolute Gasteiger partial charge is 0.449 e. The molecule has 8 atom stereocenters. The summed E-state index contributed by atoms with van der Waals surface area (Å²) in [5, 5.41) is 16.2. The van der Waals surface area contributed by atoms with Gasteiger partial charge in [0.05, 0.1) is 35.8 Å². The molecule has 7 rings (SSSR count). The fourth-order valence-electron chi connectivity index (χ4n) is 9.45. The molecule has 9 heteroatoms. The van der Waals surface area contributed by atoms with E-state index in [0.717, 1.165) is 43.4 Å². The average molecular weight is 566 g/mol. The fourth-order valence-corrected chi connectivity index (χ4v) is 9.86. The third-order valence-corrected chi connectivity index (χ3v) is 11.7. The Morgan fingerprint density at radius 2 is 1.98 bits per heavy atom. The van der Waals surface area contributed by atoms with Gasteiger partial charge in [-0.1, -0.05) is 26.3 Å². The first-order valence-corrected chi connectivity index (χ1v) is 15.0. The SMILES string of the molecule is C[C@H]1C[C@@H]2C([C@@H](O)C[C@@]3(C)C2CC[C@]3(OC(=O)C2CC2)C(=O)S)[C@@]2(C)Cc3cnn(-c4ccc(F)nc4)c3C=C12. The predicted octanol–water partition coefficient (Wildman–Crippen LogP) is 4.95. The zero-order valence-electron chi connectivity index (χ0n) is 23.1. The number of aromatic nitrogens is 3. The lowest BCUT2D eigenvalue weighted by molar-refractivity contribution is -0.198. The molecule has 0 aromatic carbocycles. The van der Waals surface area contributed by atoms with Crippen molar-refractivity contribution in [3.63, 3.8) is 0 Å². The number of esters is 1. The number of thiol groups is 1. The van der Waals surface area contributed by atoms with E-state index in [9.17, 15) is 19.1 Å². The molecular formula is C31H36FN3O4S. The summed E-state index contributed by atoms with van der Waals surface area (Å²) in [4.78, 5) is 29.8. The first kappa shape index (κ1) is 26.4. The van der Waals surface area contributed by atoms with E-state index < -0.39 is 28.2 Å². The molecule has 2 unspecified atom stereocenters. The van der Waals surface area contributed by atoms with Crippen LogP contribution in [0.5, 0.6) is 0 Å². The van der Waals surface area contributed by atoms with Crippen LogP contribution in [0.2, 0.25) is 0 Å². The Balaban J connectivity index is 1.25. The van der Waals surface area contributed by atoms with Gasteiger partial charge in [0.15, 0.2) is 5.60 Å². The van der Waals surface area contributed by atoms with Gasteiger partial charge >= 0.3 is 5.97 Å². The molecule has 4 fully saturated rings. The molecule has 0 spiro atoms. The molecule has 40 heavy (non-hydrogen) atoms. The van der Waals surface area contributed by atoms with Crippen molar-refractivity contribution in [1.29, 1.82) is 0 Å². The molecule has 1 N–H and O–H groups in total. The number of aliphatic hydroxyl groups excluding tert-OH is 1. The number of rotatable bonds is 4. The zero-order chi connectivity index (χ0) is 28.2. The van der Waals surface area contributed by atoms with Crippen LogP contribution in [0.25, 0.3) is 11.8 Å². The quantitative estimate of drug-likeness (QED) is 0.310. The van der Waals surface area contributed by atoms with Crippen LogP contribution in [0.3, 0.4) is 0 Å². The Labute approximate surface area is 239 Å². The smallest absolute Gasteiger partial charge is 0.309 e. The number of carbonyl (C=O) groups excluding carboxylic acids is 2. The van der Waals surface area contributed by atoms with E-state index in [-0.39, 0.29) is 41.0 Å². The number of pyridine rings is 1. The molecule has 0 radical (unpaired) electrons. The van der Waals surface area contributed by atoms with E-state index in [1.165, 1.54) is 17.8 Å². The number of carbonyl (C=O) groups is 2. The number of allylic oxidation sites excluding steroid dienone is 1. The third-order valence-electron chi connectivity index (χ3n) is 11.3. The van der Waals surface area contributed by atoms with Gasteiger partial charge in [0, 0.05) is 5.41 Å². The van der Waals surface area contributed by atoms with Crippen LogP contribution < -0.4 is 0 Å². The minimum Gasteiger partial charge on any atom is -0.449 e. The molecular weight excluding hydrogens is 529 g/mol. The van der Waals surface area contributed by atoms with Crippen molar-refractivity contribution in [2.24, 2.45) is 40.4 Å². The van der Waals surface area contributed by atoms with Crippen LogP contribution in [0.1, 0.15) is 70.6 Å². The van der Waals surface area contributed by atoms with E-state index >= 15 is 0 Å². The molecule has 0 saturated heterocycles. The summed E-state index contributed by atoms with van der Waals surface area (Å²) in [6.07, 6.45) is 9.81. The normalized spacial score (nSPS) is 39.9. The van der Waals surface area contributed by atoms with Crippen molar-refractivity contribution in [3.8, 4) is 5.69 Å². The maximum absolute atomic E-state index is 13.5. The Morgan fingerprint density at radius 1 is 1.20 bits per heavy atom. The zero-order valence-corrected chi connectivity index (χ0v) is 24.0. The summed E-state index contributed by atoms with van der Waals surface area (Å²) >= 11 is 4.30. The maximum Gasteiger partial charge on any atom is 0.309 e. The lowest BCUT2D eigenvalue weighted by atomic mass is 9.44. The van der Waals surface area contributed by atoms with Crippen LogP contribution in [-0.2, 0) is 20.7 Å². The summed E-state index contributed by atoms with van der Waals surface area (Å²) in [6.45, 7) is 6.58. The van der Waals surface area contributed by atoms with Crippen LogP contribution >= 0.6 is 12.6 Å². The number of nitrogens with zero attached hydrogens (tertiary/aromatic N) is 3. The highest BCUT2D eigenvalue weighted by molar-refractivity contribution is 7.96. The molecule has 2 aromatic heterocycles. The molecule has 0 bridgehead atoms. The van der Waals surface area contributed by atoms with E-state index in [2.05, 4.69) is 49.6 Å². The standard InChI is InChI=1S/C31H36FN3O4S/c1-16-10-20-21-8-9-31(28(38)40,39-27(37)17-4-5-17)30(21,3)13-24(36)26(20)29(2)12-18-14-34-35(23(18)11-22(16)29)19-6-7-25(32)33-15-19/h6-7,11,14-17,20-21,24,26,36H,4-5,8-10,12-13H2,1-3H3,(H,38,40)/t16-,20-,21?,24-,26?,29-,30-,31-/m0/s1. The van der Waals surface area contributed by atoms with Gasteiger partial charge in [-0.2, -0.15) is 9.49 Å². The van der Waals surface area contributed by atoms with Gasteiger partial charge in [0.1, 0.15) is 0 Å². The molecule has 5 aliphatic rings. The molecule has 2 heterocycles. The van der Waals surface area contributed by atoms with E-state index in [1.54, 1.807) is 6.07 Å². The lowest BCUT2D eigenvalue weighted by Crippen LogP contribution is -2.63. The van der Waals surface area contributed by atoms with E-state index in [0.29, 0.717) is 18.5 Å². The van der Waals surface area contributed by atoms with Crippen LogP contribution in [0.15, 0.2) is 30.1 Å². The second kappa shape index (κ2) is 8.74. The lowest BCUT2D eigenvalue weighted by Gasteiger charge is -2.61. The topological polar surface area (TPSA) is 94.3 Å². The van der Waals surface area contributed by atoms with Crippen LogP contribution in [-0.4, -0.2) is 42.7 Å². The van der Waals surface area contributed by atoms with E-state index in [1.807, 2.05) is 10.9 Å². The average Bonchev–Trinajstić information content (AvgIpc) is 3.61. The van der Waals surface area contributed by atoms with Gasteiger partial charge in [-0.25, -0.2) is 9.67 Å². The fraction of sp³-hybridized carbons (Fsp3) is 0.613. The first-order valence-electron chi connectivity index (χ1n) is 14.5. The second-order valence-corrected chi connectivity index (χ2v) is 13.9. The van der Waals surface area contributed by atoms with Crippen molar-refractivity contribution in [3.05, 3.63) is 47.3 Å². The molecule has 5 aliphatic carbocycles. The number of fused-ring (bicyclic) bond motifs is 6. The third kappa shape index (κ3) is 3.52. The Kier molecular flexibility index (Phi) is 5.77. The number of hydrogen-bond acceptors (Lipinski definition) is 6. The van der Waals surface area contributed by atoms with Crippen molar-refractivity contribution in [1.82, 2.24) is 14.8 Å². The van der Waals surface area contributed by atoms with Gasteiger partial charge in [0.2, 0.25) is 11.1 Å². The molecule has 212 valence electrons. The molecule has 0 amide bonds. The van der Waals surface area contributed by atoms with Crippen molar-refractivity contribution < 1.29 is 23.8 Å². The van der Waals surface area contributed by atoms with Crippen molar-refractivity contribution >= 4 is 29.8 Å². The molecule has 7 nitrogen and oxygen atoms in total. The summed E-state index contributed by atoms with van der Waals surface area (Å²) in [7, 11) is 0. The minimum absolute atomic E-state index is 0.00182. The Morgan fingerprint density at radius 3 is 2.65 bits per heavy atom. The van der Waals surface area contributed by atoms with Gasteiger partial charge in [-0.15, -0.1) is 12.6 Å². The summed E-state index contributed by atoms with van der Waals surface area (Å²) in [6, 6.07) is 3.02. The van der Waals surface area contributed by atoms with Gasteiger partial charge < -0.3 is 9.84 Å². The predicted molar refractivity (Wildman–Crippen MR) is 149 cm³/mol. The van der Waals surface area contributed by atoms with Crippen LogP contribution in [0.4, 0.5) is 4.39 Å². The number of aliphatic hydroxyl groups is 1. The van der Waals surface area contributed by atoms with Crippen molar-refractivity contribution in [2.75, 3.05) is 0 Å². The first-order chi connectivity index (χ1) is 19.0. The molecule has 4 saturated carbocycles. The van der Waals surface area contributed by atoms with Gasteiger partial charge in [-0.3, -0.25) is 9.59 Å². The highest BCUT2D eigenvalue weighted by Crippen LogP contribution is 2.69. The number of hydrogen-bond donors (Lipinski definition) is 2. The summed E-state index contributed by atoms with van der Waals surface area (Å²) < 4.78 is 21.4. The molecule has 2 aromatic rings. The van der Waals surface area contributed by atoms with Gasteiger partial charge in [0.25, 0.3) is 0 Å².